The van der Waals surface area contributed by atoms with Crippen LogP contribution >= 0.6 is 15.9 Å². The first-order chi connectivity index (χ1) is 14.9. The lowest BCUT2D eigenvalue weighted by atomic mass is 10.0. The fraction of sp³-hybridized carbons (Fsp3) is 0.292. The van der Waals surface area contributed by atoms with Gasteiger partial charge in [0.1, 0.15) is 0 Å². The van der Waals surface area contributed by atoms with Gasteiger partial charge in [-0.05, 0) is 63.1 Å². The van der Waals surface area contributed by atoms with Gasteiger partial charge in [-0.15, -0.1) is 0 Å². The zero-order chi connectivity index (χ0) is 22.0. The van der Waals surface area contributed by atoms with Gasteiger partial charge < -0.3 is 14.8 Å². The molecule has 3 aromatic rings. The summed E-state index contributed by atoms with van der Waals surface area (Å²) in [6, 6.07) is 13.5. The summed E-state index contributed by atoms with van der Waals surface area (Å²) in [4.78, 5) is 31.4. The quantitative estimate of drug-likeness (QED) is 0.605. The van der Waals surface area contributed by atoms with Gasteiger partial charge in [0.25, 0.3) is 11.8 Å². The van der Waals surface area contributed by atoms with Gasteiger partial charge in [-0.25, -0.2) is 0 Å². The van der Waals surface area contributed by atoms with Gasteiger partial charge in [0, 0.05) is 58.6 Å². The van der Waals surface area contributed by atoms with Gasteiger partial charge in [0.2, 0.25) is 0 Å². The van der Waals surface area contributed by atoms with E-state index in [1.54, 1.807) is 24.5 Å². The number of pyridine rings is 1. The lowest BCUT2D eigenvalue weighted by Crippen LogP contribution is -2.46. The van der Waals surface area contributed by atoms with E-state index in [0.717, 1.165) is 34.4 Å². The largest absolute Gasteiger partial charge is 0.349 e. The van der Waals surface area contributed by atoms with Crippen LogP contribution < -0.4 is 5.32 Å². The Morgan fingerprint density at radius 2 is 1.77 bits per heavy atom. The number of hydrogen-bond donors (Lipinski definition) is 1. The highest BCUT2D eigenvalue weighted by molar-refractivity contribution is 9.10. The normalized spacial score (nSPS) is 14.5. The van der Waals surface area contributed by atoms with Crippen molar-refractivity contribution in [3.05, 3.63) is 81.8 Å². The third-order valence-corrected chi connectivity index (χ3v) is 6.28. The van der Waals surface area contributed by atoms with Gasteiger partial charge in [-0.1, -0.05) is 22.0 Å². The smallest absolute Gasteiger partial charge is 0.253 e. The van der Waals surface area contributed by atoms with Gasteiger partial charge in [-0.3, -0.25) is 14.6 Å². The minimum absolute atomic E-state index is 0.0183. The van der Waals surface area contributed by atoms with E-state index in [0.29, 0.717) is 24.2 Å². The van der Waals surface area contributed by atoms with Crippen LogP contribution in [-0.4, -0.2) is 45.4 Å². The van der Waals surface area contributed by atoms with Crippen LogP contribution in [-0.2, 0) is 0 Å². The Hall–Kier alpha value is -2.93. The molecule has 31 heavy (non-hydrogen) atoms. The first-order valence-corrected chi connectivity index (χ1v) is 11.2. The Bertz CT molecular complexity index is 1100. The molecular formula is C24H25BrN4O2. The second kappa shape index (κ2) is 9.06. The van der Waals surface area contributed by atoms with Gasteiger partial charge in [0.05, 0.1) is 5.56 Å². The molecule has 0 atom stereocenters. The Kier molecular flexibility index (Phi) is 6.23. The van der Waals surface area contributed by atoms with Crippen molar-refractivity contribution in [1.29, 1.82) is 0 Å². The van der Waals surface area contributed by atoms with E-state index in [2.05, 4.69) is 30.8 Å². The van der Waals surface area contributed by atoms with E-state index >= 15 is 0 Å². The monoisotopic (exact) mass is 480 g/mol. The molecule has 0 bridgehead atoms. The molecule has 1 aliphatic rings. The van der Waals surface area contributed by atoms with Crippen molar-refractivity contribution in [2.24, 2.45) is 0 Å². The number of rotatable bonds is 4. The van der Waals surface area contributed by atoms with Crippen LogP contribution in [0.1, 0.15) is 44.9 Å². The number of carbonyl (C=O) groups is 2. The molecule has 0 saturated carbocycles. The van der Waals surface area contributed by atoms with E-state index in [1.165, 1.54) is 0 Å². The molecule has 7 heteroatoms. The third-order valence-electron chi connectivity index (χ3n) is 5.79. The lowest BCUT2D eigenvalue weighted by Gasteiger charge is -2.32. The second-order valence-corrected chi connectivity index (χ2v) is 8.79. The van der Waals surface area contributed by atoms with E-state index in [9.17, 15) is 9.59 Å². The van der Waals surface area contributed by atoms with E-state index in [4.69, 9.17) is 0 Å². The number of aryl methyl sites for hydroxylation is 1. The van der Waals surface area contributed by atoms with Crippen molar-refractivity contribution in [3.63, 3.8) is 0 Å². The number of benzene rings is 1. The van der Waals surface area contributed by atoms with Crippen molar-refractivity contribution in [2.75, 3.05) is 13.1 Å². The molecule has 1 N–H and O–H groups in total. The Morgan fingerprint density at radius 1 is 1.06 bits per heavy atom. The molecule has 1 aliphatic heterocycles. The maximum Gasteiger partial charge on any atom is 0.253 e. The van der Waals surface area contributed by atoms with Crippen molar-refractivity contribution in [2.45, 2.75) is 32.7 Å². The number of carbonyl (C=O) groups excluding carboxylic acids is 2. The number of halogens is 1. The average molecular weight is 481 g/mol. The molecule has 0 unspecified atom stereocenters. The van der Waals surface area contributed by atoms with Crippen LogP contribution in [0.15, 0.2) is 59.3 Å². The first-order valence-electron chi connectivity index (χ1n) is 10.4. The fourth-order valence-electron chi connectivity index (χ4n) is 4.17. The highest BCUT2D eigenvalue weighted by atomic mass is 79.9. The topological polar surface area (TPSA) is 67.2 Å². The van der Waals surface area contributed by atoms with Crippen molar-refractivity contribution < 1.29 is 9.59 Å². The highest BCUT2D eigenvalue weighted by Crippen LogP contribution is 2.24. The molecule has 1 fully saturated rings. The minimum Gasteiger partial charge on any atom is -0.349 e. The Balaban J connectivity index is 1.41. The highest BCUT2D eigenvalue weighted by Gasteiger charge is 2.26. The summed E-state index contributed by atoms with van der Waals surface area (Å²) >= 11 is 3.52. The predicted octanol–water partition coefficient (Wildman–Crippen LogP) is 4.29. The van der Waals surface area contributed by atoms with Gasteiger partial charge >= 0.3 is 0 Å². The third kappa shape index (κ3) is 4.56. The summed E-state index contributed by atoms with van der Waals surface area (Å²) in [6.07, 6.45) is 4.75. The molecular weight excluding hydrogens is 456 g/mol. The van der Waals surface area contributed by atoms with Crippen LogP contribution in [0.3, 0.4) is 0 Å². The molecule has 2 aromatic heterocycles. The van der Waals surface area contributed by atoms with Crippen LogP contribution in [0.25, 0.3) is 5.69 Å². The van der Waals surface area contributed by atoms with Gasteiger partial charge in [0.15, 0.2) is 0 Å². The second-order valence-electron chi connectivity index (χ2n) is 7.88. The van der Waals surface area contributed by atoms with Crippen LogP contribution in [0.2, 0.25) is 0 Å². The number of hydrogen-bond acceptors (Lipinski definition) is 3. The van der Waals surface area contributed by atoms with E-state index in [1.807, 2.05) is 49.1 Å². The van der Waals surface area contributed by atoms with Gasteiger partial charge in [-0.2, -0.15) is 0 Å². The van der Waals surface area contributed by atoms with Crippen LogP contribution in [0.4, 0.5) is 0 Å². The average Bonchev–Trinajstić information content (AvgIpc) is 3.08. The molecule has 1 aromatic carbocycles. The summed E-state index contributed by atoms with van der Waals surface area (Å²) in [6.45, 7) is 5.24. The maximum atomic E-state index is 13.0. The Labute approximate surface area is 190 Å². The summed E-state index contributed by atoms with van der Waals surface area (Å²) in [5.74, 6) is -0.0435. The van der Waals surface area contributed by atoms with E-state index < -0.39 is 0 Å². The minimum atomic E-state index is -0.0618. The summed E-state index contributed by atoms with van der Waals surface area (Å²) in [7, 11) is 0. The number of nitrogens with zero attached hydrogens (tertiary/aromatic N) is 3. The molecule has 2 amide bonds. The summed E-state index contributed by atoms with van der Waals surface area (Å²) in [5, 5.41) is 3.17. The fourth-order valence-corrected chi connectivity index (χ4v) is 4.56. The zero-order valence-corrected chi connectivity index (χ0v) is 19.2. The predicted molar refractivity (Wildman–Crippen MR) is 124 cm³/mol. The molecule has 4 rings (SSSR count). The molecule has 0 aliphatic carbocycles. The van der Waals surface area contributed by atoms with Crippen molar-refractivity contribution in [3.8, 4) is 5.69 Å². The number of nitrogens with one attached hydrogen (secondary N) is 1. The number of piperidine rings is 1. The maximum absolute atomic E-state index is 13.0. The Morgan fingerprint density at radius 3 is 2.45 bits per heavy atom. The van der Waals surface area contributed by atoms with Crippen LogP contribution in [0, 0.1) is 13.8 Å². The molecule has 0 spiro atoms. The molecule has 6 nitrogen and oxygen atoms in total. The van der Waals surface area contributed by atoms with E-state index in [-0.39, 0.29) is 17.9 Å². The number of likely N-dealkylation sites (tertiary alicyclic amines) is 1. The number of amides is 2. The first kappa shape index (κ1) is 21.3. The molecule has 3 heterocycles. The summed E-state index contributed by atoms with van der Waals surface area (Å²) in [5.41, 5.74) is 4.29. The molecule has 1 saturated heterocycles. The molecule has 0 radical (unpaired) electrons. The SMILES string of the molecule is Cc1cc(C(=O)NC2CCN(C(=O)c3ccncc3)CC2)c(C)n1-c1cccc(Br)c1. The van der Waals surface area contributed by atoms with Crippen molar-refractivity contribution >= 4 is 27.7 Å². The number of aromatic nitrogens is 2. The standard InChI is InChI=1S/C24H25BrN4O2/c1-16-14-22(17(2)29(16)21-5-3-4-19(25)15-21)23(30)27-20-8-12-28(13-9-20)24(31)18-6-10-26-11-7-18/h3-7,10-11,14-15,20H,8-9,12-13H2,1-2H3,(H,27,30). The van der Waals surface area contributed by atoms with Crippen molar-refractivity contribution in [1.82, 2.24) is 19.8 Å². The zero-order valence-electron chi connectivity index (χ0n) is 17.6. The summed E-state index contributed by atoms with van der Waals surface area (Å²) < 4.78 is 3.09. The van der Waals surface area contributed by atoms with Crippen LogP contribution in [0.5, 0.6) is 0 Å². The molecule has 160 valence electrons. The lowest BCUT2D eigenvalue weighted by molar-refractivity contribution is 0.0698.